The van der Waals surface area contributed by atoms with Gasteiger partial charge in [0.25, 0.3) is 0 Å². The molecule has 2 amide bonds. The van der Waals surface area contributed by atoms with Crippen molar-refractivity contribution in [3.63, 3.8) is 0 Å². The molecule has 3 rings (SSSR count). The lowest BCUT2D eigenvalue weighted by molar-refractivity contribution is 0.190. The SMILES string of the molecule is CS(=O)(=O)N[C@H]1CCCN(C(=O)Nc2cccc3ccccc23)C1. The molecule has 1 aliphatic rings. The summed E-state index contributed by atoms with van der Waals surface area (Å²) in [6.45, 7) is 1.00. The molecule has 0 bridgehead atoms. The zero-order chi connectivity index (χ0) is 17.2. The number of benzene rings is 2. The van der Waals surface area contributed by atoms with Gasteiger partial charge in [-0.05, 0) is 24.3 Å². The summed E-state index contributed by atoms with van der Waals surface area (Å²) in [6.07, 6.45) is 2.66. The normalized spacial score (nSPS) is 18.5. The number of carbonyl (C=O) groups excluding carboxylic acids is 1. The van der Waals surface area contributed by atoms with Crippen LogP contribution in [-0.4, -0.2) is 44.7 Å². The van der Waals surface area contributed by atoms with Crippen LogP contribution in [0.2, 0.25) is 0 Å². The van der Waals surface area contributed by atoms with Crippen LogP contribution in [0, 0.1) is 0 Å². The molecule has 1 aliphatic heterocycles. The number of fused-ring (bicyclic) bond motifs is 1. The second-order valence-electron chi connectivity index (χ2n) is 6.13. The van der Waals surface area contributed by atoms with Gasteiger partial charge in [0, 0.05) is 24.5 Å². The number of urea groups is 1. The van der Waals surface area contributed by atoms with Crippen LogP contribution in [0.25, 0.3) is 10.8 Å². The average Bonchev–Trinajstić information content (AvgIpc) is 2.54. The number of hydrogen-bond acceptors (Lipinski definition) is 3. The zero-order valence-corrected chi connectivity index (χ0v) is 14.3. The molecule has 128 valence electrons. The summed E-state index contributed by atoms with van der Waals surface area (Å²) in [4.78, 5) is 14.2. The van der Waals surface area contributed by atoms with E-state index in [2.05, 4.69) is 10.0 Å². The maximum atomic E-state index is 12.6. The molecule has 6 nitrogen and oxygen atoms in total. The molecule has 0 spiro atoms. The maximum absolute atomic E-state index is 12.6. The van der Waals surface area contributed by atoms with E-state index in [1.807, 2.05) is 42.5 Å². The summed E-state index contributed by atoms with van der Waals surface area (Å²) in [5, 5.41) is 4.99. The second-order valence-corrected chi connectivity index (χ2v) is 7.91. The Morgan fingerprint density at radius 3 is 2.71 bits per heavy atom. The van der Waals surface area contributed by atoms with Crippen molar-refractivity contribution in [2.45, 2.75) is 18.9 Å². The highest BCUT2D eigenvalue weighted by Gasteiger charge is 2.25. The highest BCUT2D eigenvalue weighted by molar-refractivity contribution is 7.88. The first kappa shape index (κ1) is 16.7. The molecule has 0 radical (unpaired) electrons. The van der Waals surface area contributed by atoms with Crippen LogP contribution in [0.5, 0.6) is 0 Å². The molecule has 0 unspecified atom stereocenters. The number of carbonyl (C=O) groups is 1. The van der Waals surface area contributed by atoms with Gasteiger partial charge in [-0.3, -0.25) is 0 Å². The van der Waals surface area contributed by atoms with E-state index < -0.39 is 10.0 Å². The molecule has 2 N–H and O–H groups in total. The predicted octanol–water partition coefficient (Wildman–Crippen LogP) is 2.39. The van der Waals surface area contributed by atoms with Crippen molar-refractivity contribution in [3.05, 3.63) is 42.5 Å². The number of anilines is 1. The Morgan fingerprint density at radius 1 is 1.17 bits per heavy atom. The third kappa shape index (κ3) is 4.04. The van der Waals surface area contributed by atoms with Gasteiger partial charge in [-0.25, -0.2) is 17.9 Å². The van der Waals surface area contributed by atoms with E-state index in [4.69, 9.17) is 0 Å². The molecule has 1 atom stereocenters. The third-order valence-electron chi connectivity index (χ3n) is 4.12. The van der Waals surface area contributed by atoms with Gasteiger partial charge in [0.2, 0.25) is 10.0 Å². The van der Waals surface area contributed by atoms with Crippen molar-refractivity contribution in [3.8, 4) is 0 Å². The van der Waals surface area contributed by atoms with Crippen LogP contribution in [0.1, 0.15) is 12.8 Å². The van der Waals surface area contributed by atoms with Gasteiger partial charge in [-0.15, -0.1) is 0 Å². The Hall–Kier alpha value is -2.12. The van der Waals surface area contributed by atoms with Crippen LogP contribution >= 0.6 is 0 Å². The summed E-state index contributed by atoms with van der Waals surface area (Å²) in [7, 11) is -3.27. The standard InChI is InChI=1S/C17H21N3O3S/c1-24(22,23)19-14-8-5-11-20(12-14)17(21)18-16-10-4-7-13-6-2-3-9-15(13)16/h2-4,6-7,9-10,14,19H,5,8,11-12H2,1H3,(H,18,21)/t14-/m0/s1. The summed E-state index contributed by atoms with van der Waals surface area (Å²) < 4.78 is 25.4. The largest absolute Gasteiger partial charge is 0.323 e. The van der Waals surface area contributed by atoms with E-state index in [0.29, 0.717) is 13.1 Å². The number of rotatable bonds is 3. The van der Waals surface area contributed by atoms with Crippen LogP contribution in [0.3, 0.4) is 0 Å². The molecule has 2 aromatic rings. The summed E-state index contributed by atoms with van der Waals surface area (Å²) in [5.74, 6) is 0. The van der Waals surface area contributed by atoms with Crippen LogP contribution < -0.4 is 10.0 Å². The monoisotopic (exact) mass is 347 g/mol. The molecule has 1 saturated heterocycles. The molecule has 7 heteroatoms. The molecule has 0 aromatic heterocycles. The minimum atomic E-state index is -3.27. The van der Waals surface area contributed by atoms with Crippen molar-refractivity contribution in [1.29, 1.82) is 0 Å². The second kappa shape index (κ2) is 6.78. The zero-order valence-electron chi connectivity index (χ0n) is 13.5. The van der Waals surface area contributed by atoms with Gasteiger partial charge in [-0.2, -0.15) is 0 Å². The topological polar surface area (TPSA) is 78.5 Å². The Bertz CT molecular complexity index is 846. The molecule has 24 heavy (non-hydrogen) atoms. The Morgan fingerprint density at radius 2 is 1.92 bits per heavy atom. The number of piperidine rings is 1. The molecule has 0 saturated carbocycles. The minimum Gasteiger partial charge on any atom is -0.323 e. The first-order chi connectivity index (χ1) is 11.4. The van der Waals surface area contributed by atoms with Crippen LogP contribution in [0.15, 0.2) is 42.5 Å². The number of sulfonamides is 1. The highest BCUT2D eigenvalue weighted by Crippen LogP contribution is 2.23. The lowest BCUT2D eigenvalue weighted by atomic mass is 10.1. The van der Waals surface area contributed by atoms with E-state index >= 15 is 0 Å². The lowest BCUT2D eigenvalue weighted by Crippen LogP contribution is -2.50. The molecular weight excluding hydrogens is 326 g/mol. The van der Waals surface area contributed by atoms with Crippen molar-refractivity contribution in [2.75, 3.05) is 24.7 Å². The lowest BCUT2D eigenvalue weighted by Gasteiger charge is -2.32. The third-order valence-corrected chi connectivity index (χ3v) is 4.88. The van der Waals surface area contributed by atoms with Gasteiger partial charge in [0.05, 0.1) is 11.9 Å². The van der Waals surface area contributed by atoms with Crippen LogP contribution in [0.4, 0.5) is 10.5 Å². The fourth-order valence-corrected chi connectivity index (χ4v) is 3.89. The molecule has 2 aromatic carbocycles. The van der Waals surface area contributed by atoms with Gasteiger partial charge < -0.3 is 10.2 Å². The number of hydrogen-bond donors (Lipinski definition) is 2. The van der Waals surface area contributed by atoms with Crippen molar-refractivity contribution in [2.24, 2.45) is 0 Å². The Labute approximate surface area is 141 Å². The molecule has 1 heterocycles. The maximum Gasteiger partial charge on any atom is 0.321 e. The van der Waals surface area contributed by atoms with Crippen molar-refractivity contribution < 1.29 is 13.2 Å². The Kier molecular flexibility index (Phi) is 4.73. The van der Waals surface area contributed by atoms with E-state index in [1.54, 1.807) is 4.90 Å². The van der Waals surface area contributed by atoms with E-state index in [9.17, 15) is 13.2 Å². The number of nitrogens with zero attached hydrogens (tertiary/aromatic N) is 1. The summed E-state index contributed by atoms with van der Waals surface area (Å²) in [5.41, 5.74) is 0.760. The molecular formula is C17H21N3O3S. The summed E-state index contributed by atoms with van der Waals surface area (Å²) in [6, 6.07) is 13.2. The number of nitrogens with one attached hydrogen (secondary N) is 2. The molecule has 0 aliphatic carbocycles. The van der Waals surface area contributed by atoms with Gasteiger partial charge in [0.1, 0.15) is 0 Å². The first-order valence-electron chi connectivity index (χ1n) is 7.93. The fourth-order valence-electron chi connectivity index (χ4n) is 3.09. The first-order valence-corrected chi connectivity index (χ1v) is 9.82. The Balaban J connectivity index is 1.72. The minimum absolute atomic E-state index is 0.202. The van der Waals surface area contributed by atoms with Crippen molar-refractivity contribution >= 4 is 32.5 Å². The predicted molar refractivity (Wildman–Crippen MR) is 95.5 cm³/mol. The van der Waals surface area contributed by atoms with Crippen LogP contribution in [-0.2, 0) is 10.0 Å². The van der Waals surface area contributed by atoms with Gasteiger partial charge >= 0.3 is 6.03 Å². The smallest absolute Gasteiger partial charge is 0.321 e. The average molecular weight is 347 g/mol. The molecule has 1 fully saturated rings. The number of likely N-dealkylation sites (tertiary alicyclic amines) is 1. The van der Waals surface area contributed by atoms with Gasteiger partial charge in [0.15, 0.2) is 0 Å². The highest BCUT2D eigenvalue weighted by atomic mass is 32.2. The fraction of sp³-hybridized carbons (Fsp3) is 0.353. The van der Waals surface area contributed by atoms with E-state index in [-0.39, 0.29) is 12.1 Å². The number of amides is 2. The van der Waals surface area contributed by atoms with Gasteiger partial charge in [-0.1, -0.05) is 36.4 Å². The summed E-state index contributed by atoms with van der Waals surface area (Å²) >= 11 is 0. The van der Waals surface area contributed by atoms with E-state index in [0.717, 1.165) is 35.6 Å². The quantitative estimate of drug-likeness (QED) is 0.895. The van der Waals surface area contributed by atoms with E-state index in [1.165, 1.54) is 0 Å². The van der Waals surface area contributed by atoms with Crippen molar-refractivity contribution in [1.82, 2.24) is 9.62 Å².